The number of ketones is 1. The first-order valence-electron chi connectivity index (χ1n) is 13.1. The fourth-order valence-electron chi connectivity index (χ4n) is 3.98. The van der Waals surface area contributed by atoms with Crippen LogP contribution in [0.3, 0.4) is 0 Å². The average Bonchev–Trinajstić information content (AvgIpc) is 2.88. The molecule has 2 aromatic carbocycles. The van der Waals surface area contributed by atoms with Crippen LogP contribution >= 0.6 is 0 Å². The van der Waals surface area contributed by atoms with Gasteiger partial charge in [-0.2, -0.15) is 0 Å². The number of nitrogens with one attached hydrogen (secondary N) is 1. The normalized spacial score (nSPS) is 13.4. The van der Waals surface area contributed by atoms with Gasteiger partial charge in [-0.15, -0.1) is 0 Å². The molecule has 0 saturated heterocycles. The predicted molar refractivity (Wildman–Crippen MR) is 158 cm³/mol. The zero-order valence-electron chi connectivity index (χ0n) is 24.7. The number of carbonyl (C=O) groups excluding carboxylic acids is 2. The minimum atomic E-state index is -1.63. The van der Waals surface area contributed by atoms with Gasteiger partial charge < -0.3 is 14.0 Å². The maximum Gasteiger partial charge on any atom is 0.324 e. The lowest BCUT2D eigenvalue weighted by molar-refractivity contribution is -0.156. The van der Waals surface area contributed by atoms with Crippen LogP contribution < -0.4 is 15.0 Å². The molecule has 8 nitrogen and oxygen atoms in total. The summed E-state index contributed by atoms with van der Waals surface area (Å²) in [6.45, 7) is 10.5. The van der Waals surface area contributed by atoms with Crippen LogP contribution in [0.25, 0.3) is 11.1 Å². The van der Waals surface area contributed by atoms with Gasteiger partial charge in [-0.25, -0.2) is 13.3 Å². The molecule has 0 amide bonds. The van der Waals surface area contributed by atoms with E-state index in [0.29, 0.717) is 22.4 Å². The van der Waals surface area contributed by atoms with Crippen molar-refractivity contribution in [2.24, 2.45) is 7.05 Å². The quantitative estimate of drug-likeness (QED) is 0.288. The van der Waals surface area contributed by atoms with Gasteiger partial charge in [0.05, 0.1) is 22.8 Å². The second-order valence-corrected chi connectivity index (χ2v) is 13.7. The molecule has 3 rings (SSSR count). The summed E-state index contributed by atoms with van der Waals surface area (Å²) in [5.41, 5.74) is 0.824. The van der Waals surface area contributed by atoms with Crippen LogP contribution in [0.1, 0.15) is 63.0 Å². The number of benzene rings is 2. The second kappa shape index (κ2) is 12.5. The van der Waals surface area contributed by atoms with Gasteiger partial charge in [0, 0.05) is 42.4 Å². The Kier molecular flexibility index (Phi) is 9.71. The summed E-state index contributed by atoms with van der Waals surface area (Å²) in [7, 11) is 1.43. The molecule has 0 aliphatic heterocycles. The van der Waals surface area contributed by atoms with Gasteiger partial charge in [0.2, 0.25) is 0 Å². The SMILES string of the molecule is COc1ccc(-c2cn(C)c(=O)cc2CC(N[S@@](=O)C(C)(C)C)C(=O)OC(C)(C)C)c(C(=O)c2ccc(F)cc2)c1. The number of esters is 1. The van der Waals surface area contributed by atoms with Gasteiger partial charge >= 0.3 is 5.97 Å². The number of pyridine rings is 1. The second-order valence-electron chi connectivity index (χ2n) is 11.7. The largest absolute Gasteiger partial charge is 0.497 e. The summed E-state index contributed by atoms with van der Waals surface area (Å²) in [6, 6.07) is 10.5. The van der Waals surface area contributed by atoms with Crippen molar-refractivity contribution in [1.29, 1.82) is 0 Å². The van der Waals surface area contributed by atoms with Gasteiger partial charge in [-0.1, -0.05) is 0 Å². The maximum atomic E-state index is 13.7. The Balaban J connectivity index is 2.19. The molecule has 0 spiro atoms. The van der Waals surface area contributed by atoms with Crippen molar-refractivity contribution in [2.75, 3.05) is 7.11 Å². The average molecular weight is 585 g/mol. The number of hydrogen-bond donors (Lipinski definition) is 1. The maximum absolute atomic E-state index is 13.7. The van der Waals surface area contributed by atoms with E-state index in [1.54, 1.807) is 73.0 Å². The van der Waals surface area contributed by atoms with Crippen molar-refractivity contribution in [3.05, 3.63) is 87.6 Å². The van der Waals surface area contributed by atoms with Crippen molar-refractivity contribution < 1.29 is 27.7 Å². The van der Waals surface area contributed by atoms with Crippen LogP contribution in [-0.2, 0) is 34.0 Å². The molecule has 41 heavy (non-hydrogen) atoms. The number of ether oxygens (including phenoxy) is 2. The standard InChI is InChI=1S/C31H37FN2O6S/c1-30(2,3)40-29(37)26(33-41(38)31(4,5)6)15-20-16-27(35)34(7)18-25(20)23-14-13-22(39-8)17-24(23)28(36)19-9-11-21(32)12-10-19/h9-14,16-18,26,33H,15H2,1-8H3/t26?,41-/m0/s1. The number of rotatable bonds is 9. The van der Waals surface area contributed by atoms with Crippen LogP contribution in [0.2, 0.25) is 0 Å². The summed E-state index contributed by atoms with van der Waals surface area (Å²) in [5.74, 6) is -1.05. The van der Waals surface area contributed by atoms with Crippen molar-refractivity contribution in [3.63, 3.8) is 0 Å². The van der Waals surface area contributed by atoms with Crippen LogP contribution in [0.4, 0.5) is 4.39 Å². The number of carbonyl (C=O) groups is 2. The van der Waals surface area contributed by atoms with Crippen LogP contribution in [0.5, 0.6) is 5.75 Å². The first-order chi connectivity index (χ1) is 19.0. The molecule has 1 heterocycles. The molecule has 0 saturated carbocycles. The molecule has 1 unspecified atom stereocenters. The van der Waals surface area contributed by atoms with E-state index >= 15 is 0 Å². The highest BCUT2D eigenvalue weighted by atomic mass is 32.2. The molecule has 0 bridgehead atoms. The Bertz CT molecular complexity index is 1520. The number of hydrogen-bond acceptors (Lipinski definition) is 6. The van der Waals surface area contributed by atoms with Crippen LogP contribution in [0, 0.1) is 5.82 Å². The van der Waals surface area contributed by atoms with Gasteiger partial charge in [0.25, 0.3) is 5.56 Å². The lowest BCUT2D eigenvalue weighted by atomic mass is 9.90. The van der Waals surface area contributed by atoms with E-state index in [9.17, 15) is 23.0 Å². The van der Waals surface area contributed by atoms with E-state index < -0.39 is 39.2 Å². The minimum Gasteiger partial charge on any atom is -0.497 e. The van der Waals surface area contributed by atoms with E-state index in [1.165, 1.54) is 42.0 Å². The first-order valence-corrected chi connectivity index (χ1v) is 14.2. The third-order valence-corrected chi connectivity index (χ3v) is 7.71. The Morgan fingerprint density at radius 1 is 1.00 bits per heavy atom. The molecule has 3 aromatic rings. The predicted octanol–water partition coefficient (Wildman–Crippen LogP) is 4.74. The molecule has 220 valence electrons. The number of aryl methyl sites for hydroxylation is 1. The fraction of sp³-hybridized carbons (Fsp3) is 0.387. The van der Waals surface area contributed by atoms with Crippen molar-refractivity contribution in [1.82, 2.24) is 9.29 Å². The van der Waals surface area contributed by atoms with E-state index in [4.69, 9.17) is 9.47 Å². The molecular weight excluding hydrogens is 547 g/mol. The number of methoxy groups -OCH3 is 1. The molecule has 0 aliphatic carbocycles. The Labute approximate surface area is 242 Å². The topological polar surface area (TPSA) is 104 Å². The summed E-state index contributed by atoms with van der Waals surface area (Å²) >= 11 is 0. The summed E-state index contributed by atoms with van der Waals surface area (Å²) in [5, 5.41) is 0. The molecule has 1 N–H and O–H groups in total. The van der Waals surface area contributed by atoms with Crippen molar-refractivity contribution in [2.45, 2.75) is 64.4 Å². The lowest BCUT2D eigenvalue weighted by Gasteiger charge is -2.27. The third kappa shape index (κ3) is 8.20. The smallest absolute Gasteiger partial charge is 0.324 e. The van der Waals surface area contributed by atoms with E-state index in [-0.39, 0.29) is 28.9 Å². The molecular formula is C31H37FN2O6S. The van der Waals surface area contributed by atoms with Crippen LogP contribution in [0.15, 0.2) is 59.5 Å². The van der Waals surface area contributed by atoms with E-state index in [1.807, 2.05) is 0 Å². The Morgan fingerprint density at radius 2 is 1.63 bits per heavy atom. The monoisotopic (exact) mass is 584 g/mol. The Morgan fingerprint density at radius 3 is 2.20 bits per heavy atom. The van der Waals surface area contributed by atoms with Gasteiger partial charge in [-0.3, -0.25) is 14.4 Å². The molecule has 1 aromatic heterocycles. The zero-order valence-corrected chi connectivity index (χ0v) is 25.5. The first kappa shape index (κ1) is 31.9. The minimum absolute atomic E-state index is 0.0433. The fourth-order valence-corrected chi connectivity index (χ4v) is 4.77. The van der Waals surface area contributed by atoms with E-state index in [0.717, 1.165) is 0 Å². The summed E-state index contributed by atoms with van der Waals surface area (Å²) in [4.78, 5) is 39.7. The Hall–Kier alpha value is -3.63. The third-order valence-electron chi connectivity index (χ3n) is 6.10. The number of nitrogens with zero attached hydrogens (tertiary/aromatic N) is 1. The van der Waals surface area contributed by atoms with Gasteiger partial charge in [0.15, 0.2) is 5.78 Å². The highest BCUT2D eigenvalue weighted by Crippen LogP contribution is 2.32. The summed E-state index contributed by atoms with van der Waals surface area (Å²) in [6.07, 6.45) is 1.55. The van der Waals surface area contributed by atoms with E-state index in [2.05, 4.69) is 4.72 Å². The number of aromatic nitrogens is 1. The van der Waals surface area contributed by atoms with Gasteiger partial charge in [-0.05, 0) is 95.1 Å². The molecule has 2 atom stereocenters. The molecule has 0 radical (unpaired) electrons. The zero-order chi connectivity index (χ0) is 30.7. The van der Waals surface area contributed by atoms with Crippen molar-refractivity contribution >= 4 is 22.7 Å². The summed E-state index contributed by atoms with van der Waals surface area (Å²) < 4.78 is 41.2. The highest BCUT2D eigenvalue weighted by Gasteiger charge is 2.31. The van der Waals surface area contributed by atoms with Gasteiger partial charge in [0.1, 0.15) is 23.2 Å². The molecule has 10 heteroatoms. The molecule has 0 aliphatic rings. The van der Waals surface area contributed by atoms with Crippen LogP contribution in [-0.4, -0.2) is 44.0 Å². The lowest BCUT2D eigenvalue weighted by Crippen LogP contribution is -2.47. The highest BCUT2D eigenvalue weighted by molar-refractivity contribution is 7.84. The number of halogens is 1. The van der Waals surface area contributed by atoms with Crippen molar-refractivity contribution in [3.8, 4) is 16.9 Å². The molecule has 0 fully saturated rings.